The number of hydrogen-bond acceptors (Lipinski definition) is 5. The average Bonchev–Trinajstić information content (AvgIpc) is 2.74. The quantitative estimate of drug-likeness (QED) is 0.570. The second-order valence-corrected chi connectivity index (χ2v) is 7.51. The Morgan fingerprint density at radius 2 is 1.85 bits per heavy atom. The Hall–Kier alpha value is -0.910. The summed E-state index contributed by atoms with van der Waals surface area (Å²) in [4.78, 5) is 11.8. The van der Waals surface area contributed by atoms with E-state index in [0.717, 1.165) is 12.8 Å². The van der Waals surface area contributed by atoms with Crippen LogP contribution in [0.1, 0.15) is 40.0 Å². The number of esters is 1. The van der Waals surface area contributed by atoms with Crippen LogP contribution in [0, 0.1) is 17.3 Å². The number of aliphatic hydroxyl groups excluding tert-OH is 2. The van der Waals surface area contributed by atoms with E-state index >= 15 is 0 Å². The number of fused-ring (bicyclic) bond motifs is 1. The molecule has 3 aliphatic rings. The molecule has 0 aromatic heterocycles. The van der Waals surface area contributed by atoms with E-state index in [4.69, 9.17) is 4.74 Å². The molecule has 0 aromatic rings. The van der Waals surface area contributed by atoms with Crippen LogP contribution in [-0.4, -0.2) is 39.3 Å². The lowest BCUT2D eigenvalue weighted by molar-refractivity contribution is -0.154. The van der Waals surface area contributed by atoms with Gasteiger partial charge in [-0.1, -0.05) is 13.8 Å². The van der Waals surface area contributed by atoms with Gasteiger partial charge in [-0.05, 0) is 37.0 Å². The Labute approximate surface area is 118 Å². The molecule has 1 heterocycles. The van der Waals surface area contributed by atoms with Crippen molar-refractivity contribution in [3.63, 3.8) is 0 Å². The molecule has 1 fully saturated rings. The molecular formula is C15H22O5. The van der Waals surface area contributed by atoms with Crippen molar-refractivity contribution < 1.29 is 24.9 Å². The fourth-order valence-electron chi connectivity index (χ4n) is 4.34. The molecule has 5 atom stereocenters. The highest BCUT2D eigenvalue weighted by Gasteiger charge is 2.56. The fraction of sp³-hybridized carbons (Fsp3) is 0.800. The van der Waals surface area contributed by atoms with Gasteiger partial charge in [0.25, 0.3) is 0 Å². The zero-order valence-electron chi connectivity index (χ0n) is 12.1. The van der Waals surface area contributed by atoms with Crippen LogP contribution < -0.4 is 0 Å². The van der Waals surface area contributed by atoms with E-state index in [0.29, 0.717) is 0 Å². The van der Waals surface area contributed by atoms with Crippen LogP contribution in [0.3, 0.4) is 0 Å². The maximum absolute atomic E-state index is 11.8. The minimum absolute atomic E-state index is 0.0345. The molecule has 2 aliphatic carbocycles. The Balaban J connectivity index is 2.07. The van der Waals surface area contributed by atoms with Gasteiger partial charge >= 0.3 is 5.97 Å². The molecule has 0 bridgehead atoms. The van der Waals surface area contributed by atoms with E-state index in [2.05, 4.69) is 13.8 Å². The van der Waals surface area contributed by atoms with E-state index in [9.17, 15) is 20.1 Å². The minimum atomic E-state index is -1.37. The standard InChI is InChI=1S/C15H22O5/c1-14(2)4-7-9(6-14)15(3,19)5-8-10(11(7)16)13(18)20-12(8)17/h7,9,11,13,16,18-19H,4-6H2,1-3H3/t7-,9+,11+,13+,15-/m0/s1. The van der Waals surface area contributed by atoms with Crippen molar-refractivity contribution >= 4 is 5.97 Å². The third-order valence-electron chi connectivity index (χ3n) is 5.21. The summed E-state index contributed by atoms with van der Waals surface area (Å²) in [5, 5.41) is 31.3. The molecule has 1 saturated carbocycles. The van der Waals surface area contributed by atoms with E-state index in [1.165, 1.54) is 0 Å². The summed E-state index contributed by atoms with van der Waals surface area (Å²) in [5.74, 6) is -0.860. The first kappa shape index (κ1) is 14.0. The number of carbonyl (C=O) groups excluding carboxylic acids is 1. The van der Waals surface area contributed by atoms with Crippen molar-refractivity contribution in [3.05, 3.63) is 11.1 Å². The summed E-state index contributed by atoms with van der Waals surface area (Å²) >= 11 is 0. The van der Waals surface area contributed by atoms with E-state index < -0.39 is 24.0 Å². The second kappa shape index (κ2) is 4.06. The molecule has 0 aromatic carbocycles. The van der Waals surface area contributed by atoms with Crippen LogP contribution in [0.15, 0.2) is 11.1 Å². The van der Waals surface area contributed by atoms with E-state index in [1.54, 1.807) is 6.92 Å². The van der Waals surface area contributed by atoms with Crippen molar-refractivity contribution in [1.82, 2.24) is 0 Å². The first-order valence-electron chi connectivity index (χ1n) is 7.15. The molecule has 112 valence electrons. The van der Waals surface area contributed by atoms with Crippen LogP contribution in [-0.2, 0) is 9.53 Å². The average molecular weight is 282 g/mol. The van der Waals surface area contributed by atoms with Gasteiger partial charge in [-0.2, -0.15) is 0 Å². The highest BCUT2D eigenvalue weighted by molar-refractivity contribution is 5.92. The van der Waals surface area contributed by atoms with Crippen LogP contribution in [0.2, 0.25) is 0 Å². The summed E-state index contributed by atoms with van der Waals surface area (Å²) in [7, 11) is 0. The highest BCUT2D eigenvalue weighted by Crippen LogP contribution is 2.55. The molecule has 5 nitrogen and oxygen atoms in total. The van der Waals surface area contributed by atoms with E-state index in [1.807, 2.05) is 0 Å². The van der Waals surface area contributed by atoms with Crippen LogP contribution >= 0.6 is 0 Å². The molecule has 0 saturated heterocycles. The van der Waals surface area contributed by atoms with Gasteiger partial charge in [0.1, 0.15) is 0 Å². The van der Waals surface area contributed by atoms with Gasteiger partial charge in [0.05, 0.1) is 11.7 Å². The van der Waals surface area contributed by atoms with Gasteiger partial charge in [-0.25, -0.2) is 4.79 Å². The third kappa shape index (κ3) is 1.91. The van der Waals surface area contributed by atoms with Gasteiger partial charge in [0, 0.05) is 17.6 Å². The van der Waals surface area contributed by atoms with Crippen molar-refractivity contribution in [1.29, 1.82) is 0 Å². The molecule has 0 unspecified atom stereocenters. The summed E-state index contributed by atoms with van der Waals surface area (Å²) in [6.45, 7) is 5.95. The molecule has 3 N–H and O–H groups in total. The number of carbonyl (C=O) groups is 1. The Morgan fingerprint density at radius 1 is 1.20 bits per heavy atom. The molecule has 20 heavy (non-hydrogen) atoms. The maximum Gasteiger partial charge on any atom is 0.336 e. The van der Waals surface area contributed by atoms with Gasteiger partial charge in [0.15, 0.2) is 0 Å². The minimum Gasteiger partial charge on any atom is -0.428 e. The van der Waals surface area contributed by atoms with Crippen molar-refractivity contribution in [2.75, 3.05) is 0 Å². The molecule has 5 heteroatoms. The van der Waals surface area contributed by atoms with Gasteiger partial charge in [-0.15, -0.1) is 0 Å². The summed E-state index contributed by atoms with van der Waals surface area (Å²) in [5.41, 5.74) is -0.519. The lowest BCUT2D eigenvalue weighted by atomic mass is 9.78. The normalized spacial score (nSPS) is 46.8. The molecule has 0 spiro atoms. The summed E-state index contributed by atoms with van der Waals surface area (Å²) in [6.07, 6.45) is -0.606. The first-order valence-corrected chi connectivity index (χ1v) is 7.15. The summed E-state index contributed by atoms with van der Waals surface area (Å²) in [6, 6.07) is 0. The predicted molar refractivity (Wildman–Crippen MR) is 70.4 cm³/mol. The number of cyclic esters (lactones) is 1. The van der Waals surface area contributed by atoms with E-state index in [-0.39, 0.29) is 34.8 Å². The van der Waals surface area contributed by atoms with Crippen molar-refractivity contribution in [2.24, 2.45) is 17.3 Å². The first-order chi connectivity index (χ1) is 9.12. The molecule has 0 amide bonds. The SMILES string of the molecule is CC1(C)C[C@H]2[C@@H](C1)[C@@](C)(O)CC1=C([C@H](O)OC1=O)[C@@H]2O. The van der Waals surface area contributed by atoms with Crippen molar-refractivity contribution in [2.45, 2.75) is 58.0 Å². The number of rotatable bonds is 0. The molecule has 3 rings (SSSR count). The molecule has 1 aliphatic heterocycles. The van der Waals surface area contributed by atoms with Gasteiger partial charge in [-0.3, -0.25) is 0 Å². The fourth-order valence-corrected chi connectivity index (χ4v) is 4.34. The molecular weight excluding hydrogens is 260 g/mol. The Kier molecular flexibility index (Phi) is 2.85. The lowest BCUT2D eigenvalue weighted by Crippen LogP contribution is -2.40. The third-order valence-corrected chi connectivity index (χ3v) is 5.21. The zero-order chi connectivity index (χ0) is 14.9. The second-order valence-electron chi connectivity index (χ2n) is 7.51. The number of ether oxygens (including phenoxy) is 1. The van der Waals surface area contributed by atoms with Crippen LogP contribution in [0.5, 0.6) is 0 Å². The number of aliphatic hydroxyl groups is 3. The summed E-state index contributed by atoms with van der Waals surface area (Å²) < 4.78 is 4.80. The van der Waals surface area contributed by atoms with Crippen LogP contribution in [0.25, 0.3) is 0 Å². The monoisotopic (exact) mass is 282 g/mol. The van der Waals surface area contributed by atoms with Gasteiger partial charge in [0.2, 0.25) is 6.29 Å². The smallest absolute Gasteiger partial charge is 0.336 e. The largest absolute Gasteiger partial charge is 0.428 e. The van der Waals surface area contributed by atoms with Gasteiger partial charge < -0.3 is 20.1 Å². The van der Waals surface area contributed by atoms with Crippen molar-refractivity contribution in [3.8, 4) is 0 Å². The Morgan fingerprint density at radius 3 is 2.50 bits per heavy atom. The lowest BCUT2D eigenvalue weighted by Gasteiger charge is -2.34. The molecule has 0 radical (unpaired) electrons. The van der Waals surface area contributed by atoms with Crippen LogP contribution in [0.4, 0.5) is 0 Å². The Bertz CT molecular complexity index is 490. The predicted octanol–water partition coefficient (Wildman–Crippen LogP) is 0.726. The highest BCUT2D eigenvalue weighted by atomic mass is 16.6. The zero-order valence-corrected chi connectivity index (χ0v) is 12.1. The maximum atomic E-state index is 11.8. The number of hydrogen-bond donors (Lipinski definition) is 3. The topological polar surface area (TPSA) is 87.0 Å².